The molecule has 6 nitrogen and oxygen atoms in total. The van der Waals surface area contributed by atoms with Crippen LogP contribution in [0, 0.1) is 0 Å². The van der Waals surface area contributed by atoms with Crippen molar-refractivity contribution in [3.63, 3.8) is 0 Å². The molecule has 2 amide bonds. The molecule has 2 N–H and O–H groups in total. The second-order valence-electron chi connectivity index (χ2n) is 7.45. The van der Waals surface area contributed by atoms with Crippen LogP contribution >= 0.6 is 34.7 Å². The zero-order chi connectivity index (χ0) is 24.6. The fourth-order valence-corrected chi connectivity index (χ4v) is 4.79. The number of nitrogens with one attached hydrogen (secondary N) is 2. The monoisotopic (exact) mass is 523 g/mol. The molecule has 0 aliphatic carbocycles. The van der Waals surface area contributed by atoms with Crippen molar-refractivity contribution >= 4 is 57.3 Å². The van der Waals surface area contributed by atoms with Gasteiger partial charge in [0.2, 0.25) is 11.8 Å². The quantitative estimate of drug-likeness (QED) is 0.249. The first kappa shape index (κ1) is 24.8. The number of carbonyl (C=O) groups excluding carboxylic acids is 2. The van der Waals surface area contributed by atoms with Crippen LogP contribution in [0.1, 0.15) is 5.56 Å². The highest BCUT2D eigenvalue weighted by Crippen LogP contribution is 2.32. The number of nitrogens with zero attached hydrogens (tertiary/aromatic N) is 1. The number of anilines is 2. The van der Waals surface area contributed by atoms with Gasteiger partial charge in [-0.05, 0) is 54.1 Å². The maximum absolute atomic E-state index is 12.4. The number of hydrogen-bond donors (Lipinski definition) is 2. The summed E-state index contributed by atoms with van der Waals surface area (Å²) in [6.07, 6.45) is 0.267. The number of thiazole rings is 1. The van der Waals surface area contributed by atoms with E-state index in [4.69, 9.17) is 16.3 Å². The predicted molar refractivity (Wildman–Crippen MR) is 144 cm³/mol. The van der Waals surface area contributed by atoms with E-state index in [1.807, 2.05) is 66.0 Å². The molecule has 0 saturated carbocycles. The Bertz CT molecular complexity index is 1310. The Morgan fingerprint density at radius 1 is 0.971 bits per heavy atom. The van der Waals surface area contributed by atoms with Crippen LogP contribution in [0.3, 0.4) is 0 Å². The van der Waals surface area contributed by atoms with E-state index in [0.29, 0.717) is 15.8 Å². The van der Waals surface area contributed by atoms with Crippen molar-refractivity contribution in [2.75, 3.05) is 23.5 Å². The highest BCUT2D eigenvalue weighted by atomic mass is 35.5. The molecule has 0 fully saturated rings. The van der Waals surface area contributed by atoms with Gasteiger partial charge < -0.3 is 15.4 Å². The number of benzene rings is 3. The zero-order valence-corrected chi connectivity index (χ0v) is 21.2. The number of methoxy groups -OCH3 is 1. The van der Waals surface area contributed by atoms with Crippen molar-refractivity contribution in [3.05, 3.63) is 88.8 Å². The molecule has 0 radical (unpaired) electrons. The third-order valence-electron chi connectivity index (χ3n) is 4.92. The van der Waals surface area contributed by atoms with Gasteiger partial charge >= 0.3 is 0 Å². The fraction of sp³-hybridized carbons (Fsp3) is 0.115. The number of halogens is 1. The van der Waals surface area contributed by atoms with Gasteiger partial charge in [-0.15, -0.1) is 23.1 Å². The standard InChI is InChI=1S/C26H22ClN3O3S2/c1-33-23-5-3-2-4-21(23)22-15-35-26(29-22)30-25(32)16-34-20-12-10-19(11-13-20)28-24(31)14-17-6-8-18(27)9-7-17/h2-13,15H,14,16H2,1H3,(H,28,31)(H,29,30,32). The molecule has 0 unspecified atom stereocenters. The van der Waals surface area contributed by atoms with Gasteiger partial charge in [0.25, 0.3) is 0 Å². The van der Waals surface area contributed by atoms with Crippen LogP contribution in [0.15, 0.2) is 83.1 Å². The number of hydrogen-bond acceptors (Lipinski definition) is 6. The summed E-state index contributed by atoms with van der Waals surface area (Å²) in [4.78, 5) is 30.1. The number of carbonyl (C=O) groups is 2. The minimum Gasteiger partial charge on any atom is -0.496 e. The molecule has 4 rings (SSSR count). The molecule has 0 bridgehead atoms. The molecular weight excluding hydrogens is 502 g/mol. The highest BCUT2D eigenvalue weighted by Gasteiger charge is 2.12. The predicted octanol–water partition coefficient (Wildman–Crippen LogP) is 6.38. The Hall–Kier alpha value is -3.33. The van der Waals surface area contributed by atoms with Gasteiger partial charge in [-0.3, -0.25) is 9.59 Å². The lowest BCUT2D eigenvalue weighted by Gasteiger charge is -2.07. The fourth-order valence-electron chi connectivity index (χ4n) is 3.24. The number of aromatic nitrogens is 1. The summed E-state index contributed by atoms with van der Waals surface area (Å²) >= 11 is 8.65. The molecule has 0 aliphatic rings. The van der Waals surface area contributed by atoms with E-state index in [1.165, 1.54) is 23.1 Å². The van der Waals surface area contributed by atoms with Crippen LogP contribution in [0.25, 0.3) is 11.3 Å². The molecule has 0 atom stereocenters. The Labute approximate surface area is 216 Å². The Morgan fingerprint density at radius 3 is 2.46 bits per heavy atom. The summed E-state index contributed by atoms with van der Waals surface area (Å²) < 4.78 is 5.38. The van der Waals surface area contributed by atoms with Crippen molar-refractivity contribution < 1.29 is 14.3 Å². The van der Waals surface area contributed by atoms with E-state index < -0.39 is 0 Å². The number of rotatable bonds is 9. The van der Waals surface area contributed by atoms with E-state index in [2.05, 4.69) is 15.6 Å². The Balaban J connectivity index is 1.25. The lowest BCUT2D eigenvalue weighted by atomic mass is 10.1. The van der Waals surface area contributed by atoms with E-state index in [1.54, 1.807) is 19.2 Å². The summed E-state index contributed by atoms with van der Waals surface area (Å²) in [7, 11) is 1.62. The van der Waals surface area contributed by atoms with Gasteiger partial charge in [0.05, 0.1) is 25.0 Å². The average Bonchev–Trinajstić information content (AvgIpc) is 3.33. The number of para-hydroxylation sites is 1. The second-order valence-corrected chi connectivity index (χ2v) is 9.79. The van der Waals surface area contributed by atoms with Crippen molar-refractivity contribution in [2.45, 2.75) is 11.3 Å². The van der Waals surface area contributed by atoms with E-state index >= 15 is 0 Å². The first-order chi connectivity index (χ1) is 17.0. The van der Waals surface area contributed by atoms with Gasteiger partial charge in [0.1, 0.15) is 5.75 Å². The van der Waals surface area contributed by atoms with Gasteiger partial charge in [0.15, 0.2) is 5.13 Å². The largest absolute Gasteiger partial charge is 0.496 e. The summed E-state index contributed by atoms with van der Waals surface area (Å²) in [6, 6.07) is 22.2. The smallest absolute Gasteiger partial charge is 0.236 e. The molecule has 0 saturated heterocycles. The van der Waals surface area contributed by atoms with Crippen LogP contribution in [-0.2, 0) is 16.0 Å². The van der Waals surface area contributed by atoms with E-state index in [0.717, 1.165) is 27.5 Å². The summed E-state index contributed by atoms with van der Waals surface area (Å²) in [5.41, 5.74) is 3.22. The van der Waals surface area contributed by atoms with Gasteiger partial charge in [-0.2, -0.15) is 0 Å². The summed E-state index contributed by atoms with van der Waals surface area (Å²) in [5, 5.41) is 8.79. The minimum atomic E-state index is -0.142. The average molecular weight is 524 g/mol. The van der Waals surface area contributed by atoms with E-state index in [9.17, 15) is 9.59 Å². The molecule has 35 heavy (non-hydrogen) atoms. The minimum absolute atomic E-state index is 0.108. The zero-order valence-electron chi connectivity index (χ0n) is 18.8. The van der Waals surface area contributed by atoms with Gasteiger partial charge in [-0.25, -0.2) is 4.98 Å². The number of thioether (sulfide) groups is 1. The Morgan fingerprint density at radius 2 is 1.71 bits per heavy atom. The van der Waals surface area contributed by atoms with Crippen LogP contribution < -0.4 is 15.4 Å². The topological polar surface area (TPSA) is 80.3 Å². The molecule has 1 aromatic heterocycles. The summed E-state index contributed by atoms with van der Waals surface area (Å²) in [6.45, 7) is 0. The van der Waals surface area contributed by atoms with Crippen LogP contribution in [0.2, 0.25) is 5.02 Å². The molecule has 178 valence electrons. The number of amides is 2. The lowest BCUT2D eigenvalue weighted by molar-refractivity contribution is -0.115. The first-order valence-corrected chi connectivity index (χ1v) is 12.9. The van der Waals surface area contributed by atoms with Gasteiger partial charge in [-0.1, -0.05) is 35.9 Å². The van der Waals surface area contributed by atoms with Gasteiger partial charge in [0, 0.05) is 26.5 Å². The maximum atomic E-state index is 12.4. The van der Waals surface area contributed by atoms with E-state index in [-0.39, 0.29) is 24.0 Å². The van der Waals surface area contributed by atoms with Crippen LogP contribution in [0.4, 0.5) is 10.8 Å². The van der Waals surface area contributed by atoms with Crippen molar-refractivity contribution in [1.82, 2.24) is 4.98 Å². The first-order valence-electron chi connectivity index (χ1n) is 10.7. The second kappa shape index (κ2) is 11.9. The maximum Gasteiger partial charge on any atom is 0.236 e. The van der Waals surface area contributed by atoms with Crippen LogP contribution in [-0.4, -0.2) is 29.7 Å². The van der Waals surface area contributed by atoms with Crippen molar-refractivity contribution in [1.29, 1.82) is 0 Å². The highest BCUT2D eigenvalue weighted by molar-refractivity contribution is 8.00. The summed E-state index contributed by atoms with van der Waals surface area (Å²) in [5.74, 6) is 0.724. The van der Waals surface area contributed by atoms with Crippen LogP contribution in [0.5, 0.6) is 5.75 Å². The lowest BCUT2D eigenvalue weighted by Crippen LogP contribution is -2.14. The third kappa shape index (κ3) is 7.08. The van der Waals surface area contributed by atoms with Crippen molar-refractivity contribution in [3.8, 4) is 17.0 Å². The SMILES string of the molecule is COc1ccccc1-c1csc(NC(=O)CSc2ccc(NC(=O)Cc3ccc(Cl)cc3)cc2)n1. The molecule has 0 spiro atoms. The molecular formula is C26H22ClN3O3S2. The molecule has 3 aromatic carbocycles. The molecule has 0 aliphatic heterocycles. The van der Waals surface area contributed by atoms with Crippen molar-refractivity contribution in [2.24, 2.45) is 0 Å². The molecule has 9 heteroatoms. The number of ether oxygens (including phenoxy) is 1. The molecule has 4 aromatic rings. The Kier molecular flexibility index (Phi) is 8.41. The third-order valence-corrected chi connectivity index (χ3v) is 6.94. The molecule has 1 heterocycles. The normalized spacial score (nSPS) is 10.6.